The van der Waals surface area contributed by atoms with E-state index in [9.17, 15) is 5.11 Å². The van der Waals surface area contributed by atoms with Crippen molar-refractivity contribution in [1.29, 1.82) is 5.26 Å². The van der Waals surface area contributed by atoms with Crippen LogP contribution in [-0.2, 0) is 0 Å². The predicted octanol–water partition coefficient (Wildman–Crippen LogP) is 2.03. The molecule has 0 aliphatic carbocycles. The average molecular weight is 262 g/mol. The van der Waals surface area contributed by atoms with Crippen LogP contribution in [0.25, 0.3) is 0 Å². The lowest BCUT2D eigenvalue weighted by Crippen LogP contribution is -2.39. The molecule has 0 aliphatic heterocycles. The fraction of sp³-hybridized carbons (Fsp3) is 0.533. The Labute approximate surface area is 115 Å². The van der Waals surface area contributed by atoms with Gasteiger partial charge in [0.15, 0.2) is 0 Å². The topological polar surface area (TPSA) is 56.5 Å². The van der Waals surface area contributed by atoms with Crippen molar-refractivity contribution in [1.82, 2.24) is 4.90 Å². The molecule has 0 saturated carbocycles. The average Bonchev–Trinajstić information content (AvgIpc) is 2.37. The predicted molar refractivity (Wildman–Crippen MR) is 75.0 cm³/mol. The van der Waals surface area contributed by atoms with Gasteiger partial charge < -0.3 is 9.84 Å². The van der Waals surface area contributed by atoms with Gasteiger partial charge in [-0.15, -0.1) is 0 Å². The first-order chi connectivity index (χ1) is 9.02. The highest BCUT2D eigenvalue weighted by Crippen LogP contribution is 2.12. The molecule has 0 spiro atoms. The Kier molecular flexibility index (Phi) is 6.34. The van der Waals surface area contributed by atoms with E-state index < -0.39 is 0 Å². The van der Waals surface area contributed by atoms with Gasteiger partial charge in [-0.1, -0.05) is 6.07 Å². The summed E-state index contributed by atoms with van der Waals surface area (Å²) in [7, 11) is 0. The first-order valence-corrected chi connectivity index (χ1v) is 6.58. The van der Waals surface area contributed by atoms with Crippen molar-refractivity contribution in [3.63, 3.8) is 0 Å². The Balaban J connectivity index is 2.45. The van der Waals surface area contributed by atoms with Crippen LogP contribution < -0.4 is 4.74 Å². The smallest absolute Gasteiger partial charge is 0.120 e. The second kappa shape index (κ2) is 7.78. The van der Waals surface area contributed by atoms with Gasteiger partial charge in [0.05, 0.1) is 17.7 Å². The number of hydrogen-bond donors (Lipinski definition) is 1. The zero-order valence-electron chi connectivity index (χ0n) is 11.8. The van der Waals surface area contributed by atoms with Crippen LogP contribution in [-0.4, -0.2) is 41.8 Å². The van der Waals surface area contributed by atoms with E-state index in [0.717, 1.165) is 6.54 Å². The minimum absolute atomic E-state index is 0.343. The summed E-state index contributed by atoms with van der Waals surface area (Å²) in [6.07, 6.45) is -0.343. The fourth-order valence-corrected chi connectivity index (χ4v) is 1.84. The molecular formula is C15H22N2O2. The minimum Gasteiger partial charge on any atom is -0.492 e. The van der Waals surface area contributed by atoms with Crippen molar-refractivity contribution in [3.05, 3.63) is 29.8 Å². The van der Waals surface area contributed by atoms with Crippen molar-refractivity contribution < 1.29 is 9.84 Å². The van der Waals surface area contributed by atoms with Crippen LogP contribution in [0.5, 0.6) is 5.75 Å². The number of ether oxygens (including phenoxy) is 1. The zero-order valence-corrected chi connectivity index (χ0v) is 11.8. The van der Waals surface area contributed by atoms with Crippen LogP contribution in [0, 0.1) is 11.3 Å². The Bertz CT molecular complexity index is 424. The highest BCUT2D eigenvalue weighted by Gasteiger charge is 2.11. The van der Waals surface area contributed by atoms with E-state index >= 15 is 0 Å². The number of aliphatic hydroxyl groups excluding tert-OH is 1. The van der Waals surface area contributed by atoms with Gasteiger partial charge in [0.25, 0.3) is 0 Å². The van der Waals surface area contributed by atoms with Crippen LogP contribution in [0.1, 0.15) is 26.3 Å². The van der Waals surface area contributed by atoms with Crippen LogP contribution in [0.3, 0.4) is 0 Å². The summed E-state index contributed by atoms with van der Waals surface area (Å²) in [4.78, 5) is 2.17. The van der Waals surface area contributed by atoms with Crippen molar-refractivity contribution in [2.24, 2.45) is 0 Å². The lowest BCUT2D eigenvalue weighted by Gasteiger charge is -2.27. The molecule has 1 N–H and O–H groups in total. The minimum atomic E-state index is -0.343. The molecule has 0 saturated heterocycles. The molecule has 4 nitrogen and oxygen atoms in total. The van der Waals surface area contributed by atoms with E-state index in [0.29, 0.717) is 30.5 Å². The second-order valence-corrected chi connectivity index (χ2v) is 4.93. The van der Waals surface area contributed by atoms with Crippen molar-refractivity contribution in [2.45, 2.75) is 32.9 Å². The van der Waals surface area contributed by atoms with E-state index in [2.05, 4.69) is 24.8 Å². The normalized spacial score (nSPS) is 12.5. The molecule has 0 unspecified atom stereocenters. The highest BCUT2D eigenvalue weighted by molar-refractivity contribution is 5.36. The third-order valence-corrected chi connectivity index (χ3v) is 2.84. The molecule has 0 amide bonds. The third kappa shape index (κ3) is 5.73. The lowest BCUT2D eigenvalue weighted by atomic mass is 10.2. The van der Waals surface area contributed by atoms with Gasteiger partial charge in [-0.2, -0.15) is 5.26 Å². The zero-order chi connectivity index (χ0) is 14.3. The standard InChI is InChI=1S/C15H22N2O2/c1-12(2)17(11-13(3)18)7-8-19-15-6-4-5-14(9-15)10-16/h4-6,9,12-13,18H,7-8,11H2,1-3H3/t13-/m0/s1. The number of nitrogens with zero attached hydrogens (tertiary/aromatic N) is 2. The van der Waals surface area contributed by atoms with Crippen LogP contribution in [0.2, 0.25) is 0 Å². The van der Waals surface area contributed by atoms with Crippen molar-refractivity contribution in [3.8, 4) is 11.8 Å². The molecule has 0 aliphatic rings. The van der Waals surface area contributed by atoms with E-state index in [1.165, 1.54) is 0 Å². The SMILES string of the molecule is CC(C)N(CCOc1cccc(C#N)c1)C[C@H](C)O. The fourth-order valence-electron chi connectivity index (χ4n) is 1.84. The molecule has 0 heterocycles. The van der Waals surface area contributed by atoms with Crippen LogP contribution in [0.4, 0.5) is 0 Å². The molecule has 1 atom stereocenters. The van der Waals surface area contributed by atoms with Gasteiger partial charge in [-0.25, -0.2) is 0 Å². The molecule has 0 aromatic heterocycles. The summed E-state index contributed by atoms with van der Waals surface area (Å²) >= 11 is 0. The Morgan fingerprint density at radius 2 is 2.11 bits per heavy atom. The van der Waals surface area contributed by atoms with Crippen LogP contribution >= 0.6 is 0 Å². The van der Waals surface area contributed by atoms with Gasteiger partial charge in [0, 0.05) is 19.1 Å². The van der Waals surface area contributed by atoms with E-state index in [1.807, 2.05) is 12.1 Å². The summed E-state index contributed by atoms with van der Waals surface area (Å²) in [5.41, 5.74) is 0.599. The number of benzene rings is 1. The maximum absolute atomic E-state index is 9.44. The maximum Gasteiger partial charge on any atom is 0.120 e. The second-order valence-electron chi connectivity index (χ2n) is 4.93. The molecule has 0 bridgehead atoms. The maximum atomic E-state index is 9.44. The summed E-state index contributed by atoms with van der Waals surface area (Å²) in [6, 6.07) is 9.59. The Morgan fingerprint density at radius 1 is 1.37 bits per heavy atom. The van der Waals surface area contributed by atoms with Crippen LogP contribution in [0.15, 0.2) is 24.3 Å². The number of nitriles is 1. The summed E-state index contributed by atoms with van der Waals surface area (Å²) in [6.45, 7) is 7.91. The molecule has 0 radical (unpaired) electrons. The first-order valence-electron chi connectivity index (χ1n) is 6.58. The van der Waals surface area contributed by atoms with Gasteiger partial charge in [0.1, 0.15) is 12.4 Å². The van der Waals surface area contributed by atoms with E-state index in [1.54, 1.807) is 19.1 Å². The summed E-state index contributed by atoms with van der Waals surface area (Å²) in [5, 5.41) is 18.2. The van der Waals surface area contributed by atoms with Gasteiger partial charge in [0.2, 0.25) is 0 Å². The van der Waals surface area contributed by atoms with E-state index in [4.69, 9.17) is 10.00 Å². The van der Waals surface area contributed by atoms with Crippen molar-refractivity contribution in [2.75, 3.05) is 19.7 Å². The molecule has 1 aromatic rings. The number of rotatable bonds is 7. The molecule has 19 heavy (non-hydrogen) atoms. The van der Waals surface area contributed by atoms with Gasteiger partial charge in [-0.05, 0) is 39.0 Å². The Morgan fingerprint density at radius 3 is 2.68 bits per heavy atom. The van der Waals surface area contributed by atoms with Gasteiger partial charge >= 0.3 is 0 Å². The monoisotopic (exact) mass is 262 g/mol. The molecule has 0 fully saturated rings. The molecule has 4 heteroatoms. The van der Waals surface area contributed by atoms with E-state index in [-0.39, 0.29) is 6.10 Å². The Hall–Kier alpha value is -1.57. The lowest BCUT2D eigenvalue weighted by molar-refractivity contribution is 0.0955. The molecule has 1 aromatic carbocycles. The molecule has 104 valence electrons. The summed E-state index contributed by atoms with van der Waals surface area (Å²) < 4.78 is 5.64. The first kappa shape index (κ1) is 15.5. The van der Waals surface area contributed by atoms with Gasteiger partial charge in [-0.3, -0.25) is 4.90 Å². The highest BCUT2D eigenvalue weighted by atomic mass is 16.5. The largest absolute Gasteiger partial charge is 0.492 e. The summed E-state index contributed by atoms with van der Waals surface area (Å²) in [5.74, 6) is 0.708. The van der Waals surface area contributed by atoms with Crippen molar-refractivity contribution >= 4 is 0 Å². The molecule has 1 rings (SSSR count). The molecular weight excluding hydrogens is 240 g/mol. The number of aliphatic hydroxyl groups is 1. The number of hydrogen-bond acceptors (Lipinski definition) is 4. The quantitative estimate of drug-likeness (QED) is 0.817. The third-order valence-electron chi connectivity index (χ3n) is 2.84.